The summed E-state index contributed by atoms with van der Waals surface area (Å²) in [5.74, 6) is 0.886. The third-order valence-electron chi connectivity index (χ3n) is 5.06. The van der Waals surface area contributed by atoms with Crippen molar-refractivity contribution in [3.63, 3.8) is 0 Å². The van der Waals surface area contributed by atoms with Crippen molar-refractivity contribution >= 4 is 29.1 Å². The number of nitrogens with zero attached hydrogens (tertiary/aromatic N) is 1. The Balaban J connectivity index is 1.58. The van der Waals surface area contributed by atoms with Crippen LogP contribution in [0.3, 0.4) is 0 Å². The van der Waals surface area contributed by atoms with Crippen LogP contribution in [0.5, 0.6) is 5.75 Å². The van der Waals surface area contributed by atoms with Gasteiger partial charge in [-0.1, -0.05) is 24.3 Å². The standard InChI is InChI=1S/C25H22FNO4S/c1-2-30-20-11-7-18(8-12-20)22-23(32-16-21-4-3-15-31-21)25(29)27(24(22)28)14-13-17-5-9-19(26)10-6-17/h3-12,15H,2,13-14,16H2,1H3. The summed E-state index contributed by atoms with van der Waals surface area (Å²) in [6.45, 7) is 2.66. The number of hydrogen-bond acceptors (Lipinski definition) is 5. The molecule has 0 fully saturated rings. The van der Waals surface area contributed by atoms with Crippen molar-refractivity contribution in [3.8, 4) is 5.75 Å². The van der Waals surface area contributed by atoms with E-state index in [-0.39, 0.29) is 24.2 Å². The first kappa shape index (κ1) is 21.9. The van der Waals surface area contributed by atoms with Gasteiger partial charge in [0.1, 0.15) is 17.3 Å². The molecule has 5 nitrogen and oxygen atoms in total. The molecule has 0 aliphatic carbocycles. The second kappa shape index (κ2) is 9.87. The fourth-order valence-electron chi connectivity index (χ4n) is 3.46. The molecule has 1 aromatic heterocycles. The van der Waals surface area contributed by atoms with Crippen molar-refractivity contribution in [2.45, 2.75) is 19.1 Å². The third kappa shape index (κ3) is 4.78. The molecular formula is C25H22FNO4S. The Morgan fingerprint density at radius 2 is 1.75 bits per heavy atom. The van der Waals surface area contributed by atoms with Crippen molar-refractivity contribution in [3.05, 3.63) is 94.5 Å². The maximum absolute atomic E-state index is 13.3. The lowest BCUT2D eigenvalue weighted by atomic mass is 10.1. The molecule has 0 unspecified atom stereocenters. The molecule has 1 aliphatic heterocycles. The Labute approximate surface area is 189 Å². The Morgan fingerprint density at radius 1 is 1.00 bits per heavy atom. The summed E-state index contributed by atoms with van der Waals surface area (Å²) in [6, 6.07) is 16.9. The second-order valence-corrected chi connectivity index (χ2v) is 8.15. The van der Waals surface area contributed by atoms with Gasteiger partial charge in [-0.3, -0.25) is 14.5 Å². The monoisotopic (exact) mass is 451 g/mol. The van der Waals surface area contributed by atoms with Gasteiger partial charge in [-0.15, -0.1) is 11.8 Å². The highest BCUT2D eigenvalue weighted by atomic mass is 32.2. The first-order chi connectivity index (χ1) is 15.6. The molecule has 0 radical (unpaired) electrons. The summed E-state index contributed by atoms with van der Waals surface area (Å²) in [5, 5.41) is 0. The van der Waals surface area contributed by atoms with E-state index >= 15 is 0 Å². The van der Waals surface area contributed by atoms with Crippen molar-refractivity contribution in [2.24, 2.45) is 0 Å². The Morgan fingerprint density at radius 3 is 2.41 bits per heavy atom. The van der Waals surface area contributed by atoms with E-state index < -0.39 is 0 Å². The molecule has 164 valence electrons. The van der Waals surface area contributed by atoms with Gasteiger partial charge < -0.3 is 9.15 Å². The van der Waals surface area contributed by atoms with Gasteiger partial charge in [-0.05, 0) is 60.9 Å². The molecule has 2 heterocycles. The summed E-state index contributed by atoms with van der Waals surface area (Å²) in [6.07, 6.45) is 2.03. The largest absolute Gasteiger partial charge is 0.494 e. The zero-order chi connectivity index (χ0) is 22.5. The number of benzene rings is 2. The summed E-state index contributed by atoms with van der Waals surface area (Å²) in [5.41, 5.74) is 1.90. The molecule has 0 spiro atoms. The molecular weight excluding hydrogens is 429 g/mol. The number of rotatable bonds is 9. The second-order valence-electron chi connectivity index (χ2n) is 7.17. The number of halogens is 1. The predicted molar refractivity (Wildman–Crippen MR) is 121 cm³/mol. The molecule has 0 N–H and O–H groups in total. The highest BCUT2D eigenvalue weighted by Crippen LogP contribution is 2.38. The van der Waals surface area contributed by atoms with Gasteiger partial charge >= 0.3 is 0 Å². The van der Waals surface area contributed by atoms with Crippen LogP contribution in [-0.4, -0.2) is 29.9 Å². The molecule has 1 aliphatic rings. The van der Waals surface area contributed by atoms with Crippen LogP contribution in [0.2, 0.25) is 0 Å². The van der Waals surface area contributed by atoms with Crippen LogP contribution in [0.4, 0.5) is 4.39 Å². The highest BCUT2D eigenvalue weighted by Gasteiger charge is 2.39. The van der Waals surface area contributed by atoms with Crippen molar-refractivity contribution in [1.82, 2.24) is 4.90 Å². The number of carbonyl (C=O) groups excluding carboxylic acids is 2. The highest BCUT2D eigenvalue weighted by molar-refractivity contribution is 8.03. The number of furan rings is 1. The lowest BCUT2D eigenvalue weighted by Crippen LogP contribution is -2.33. The van der Waals surface area contributed by atoms with Crippen molar-refractivity contribution in [2.75, 3.05) is 13.2 Å². The van der Waals surface area contributed by atoms with E-state index in [0.29, 0.717) is 40.6 Å². The van der Waals surface area contributed by atoms with Crippen LogP contribution in [0, 0.1) is 5.82 Å². The molecule has 4 rings (SSSR count). The lowest BCUT2D eigenvalue weighted by Gasteiger charge is -2.15. The number of thioether (sulfide) groups is 1. The number of amides is 2. The summed E-state index contributed by atoms with van der Waals surface area (Å²) in [7, 11) is 0. The van der Waals surface area contributed by atoms with E-state index in [4.69, 9.17) is 9.15 Å². The normalized spacial score (nSPS) is 13.9. The number of ether oxygens (including phenoxy) is 1. The Hall–Kier alpha value is -3.32. The molecule has 32 heavy (non-hydrogen) atoms. The Bertz CT molecular complexity index is 1120. The predicted octanol–water partition coefficient (Wildman–Crippen LogP) is 5.07. The van der Waals surface area contributed by atoms with E-state index in [0.717, 1.165) is 11.3 Å². The fourth-order valence-corrected chi connectivity index (χ4v) is 4.49. The molecule has 0 saturated carbocycles. The average Bonchev–Trinajstić information content (AvgIpc) is 3.39. The third-order valence-corrected chi connectivity index (χ3v) is 6.15. The SMILES string of the molecule is CCOc1ccc(C2=C(SCc3ccco3)C(=O)N(CCc3ccc(F)cc3)C2=O)cc1. The maximum atomic E-state index is 13.3. The smallest absolute Gasteiger partial charge is 0.268 e. The van der Waals surface area contributed by atoms with Crippen LogP contribution < -0.4 is 4.74 Å². The van der Waals surface area contributed by atoms with E-state index in [1.165, 1.54) is 28.8 Å². The molecule has 2 aromatic carbocycles. The maximum Gasteiger partial charge on any atom is 0.268 e. The number of imide groups is 1. The van der Waals surface area contributed by atoms with Gasteiger partial charge in [0.15, 0.2) is 0 Å². The van der Waals surface area contributed by atoms with Gasteiger partial charge in [-0.2, -0.15) is 0 Å². The van der Waals surface area contributed by atoms with E-state index in [2.05, 4.69) is 0 Å². The first-order valence-corrected chi connectivity index (χ1v) is 11.3. The number of hydrogen-bond donors (Lipinski definition) is 0. The van der Waals surface area contributed by atoms with E-state index in [1.54, 1.807) is 48.7 Å². The molecule has 0 bridgehead atoms. The van der Waals surface area contributed by atoms with Crippen LogP contribution in [0.25, 0.3) is 5.57 Å². The van der Waals surface area contributed by atoms with E-state index in [1.807, 2.05) is 13.0 Å². The molecule has 7 heteroatoms. The average molecular weight is 452 g/mol. The van der Waals surface area contributed by atoms with Crippen molar-refractivity contribution < 1.29 is 23.1 Å². The Kier molecular flexibility index (Phi) is 6.75. The summed E-state index contributed by atoms with van der Waals surface area (Å²) in [4.78, 5) is 28.2. The minimum Gasteiger partial charge on any atom is -0.494 e. The topological polar surface area (TPSA) is 59.8 Å². The van der Waals surface area contributed by atoms with Crippen LogP contribution in [0.15, 0.2) is 76.2 Å². The lowest BCUT2D eigenvalue weighted by molar-refractivity contribution is -0.136. The van der Waals surface area contributed by atoms with Gasteiger partial charge in [0.05, 0.1) is 29.1 Å². The van der Waals surface area contributed by atoms with Crippen LogP contribution in [-0.2, 0) is 21.8 Å². The van der Waals surface area contributed by atoms with Gasteiger partial charge in [0, 0.05) is 6.54 Å². The van der Waals surface area contributed by atoms with E-state index in [9.17, 15) is 14.0 Å². The molecule has 0 saturated heterocycles. The van der Waals surface area contributed by atoms with Crippen molar-refractivity contribution in [1.29, 1.82) is 0 Å². The zero-order valence-corrected chi connectivity index (χ0v) is 18.4. The minimum absolute atomic E-state index is 0.217. The molecule has 2 amide bonds. The minimum atomic E-state index is -0.330. The fraction of sp³-hybridized carbons (Fsp3) is 0.200. The number of carbonyl (C=O) groups is 2. The van der Waals surface area contributed by atoms with Gasteiger partial charge in [0.25, 0.3) is 11.8 Å². The first-order valence-electron chi connectivity index (χ1n) is 10.3. The molecule has 0 atom stereocenters. The molecule has 3 aromatic rings. The van der Waals surface area contributed by atoms with Crippen LogP contribution in [0.1, 0.15) is 23.8 Å². The summed E-state index contributed by atoms with van der Waals surface area (Å²) >= 11 is 1.29. The van der Waals surface area contributed by atoms with Gasteiger partial charge in [0.2, 0.25) is 0 Å². The quantitative estimate of drug-likeness (QED) is 0.425. The zero-order valence-electron chi connectivity index (χ0n) is 17.5. The summed E-state index contributed by atoms with van der Waals surface area (Å²) < 4.78 is 24.0. The van der Waals surface area contributed by atoms with Gasteiger partial charge in [-0.25, -0.2) is 4.39 Å². The van der Waals surface area contributed by atoms with Crippen LogP contribution >= 0.6 is 11.8 Å².